The van der Waals surface area contributed by atoms with Crippen LogP contribution in [0.25, 0.3) is 0 Å². The predicted octanol–water partition coefficient (Wildman–Crippen LogP) is 3.40. The van der Waals surface area contributed by atoms with Crippen molar-refractivity contribution in [2.24, 2.45) is 17.8 Å². The maximum atomic E-state index is 5.30. The summed E-state index contributed by atoms with van der Waals surface area (Å²) in [5, 5.41) is 3.80. The Labute approximate surface area is 132 Å². The fourth-order valence-electron chi connectivity index (χ4n) is 3.62. The molecule has 0 aliphatic heterocycles. The molecule has 1 fully saturated rings. The maximum Gasteiger partial charge on any atom is 0.0589 e. The molecular weight excluding hydrogens is 260 g/mol. The Morgan fingerprint density at radius 3 is 2.67 bits per heavy atom. The van der Waals surface area contributed by atoms with E-state index in [2.05, 4.69) is 37.9 Å². The zero-order valence-corrected chi connectivity index (χ0v) is 15.0. The molecule has 0 spiro atoms. The highest BCUT2D eigenvalue weighted by Gasteiger charge is 2.29. The summed E-state index contributed by atoms with van der Waals surface area (Å²) in [5.41, 5.74) is 0. The van der Waals surface area contributed by atoms with E-state index in [0.29, 0.717) is 0 Å². The topological polar surface area (TPSA) is 24.5 Å². The van der Waals surface area contributed by atoms with Gasteiger partial charge >= 0.3 is 0 Å². The van der Waals surface area contributed by atoms with Crippen LogP contribution in [0.4, 0.5) is 0 Å². The monoisotopic (exact) mass is 298 g/mol. The van der Waals surface area contributed by atoms with E-state index < -0.39 is 0 Å². The second-order valence-electron chi connectivity index (χ2n) is 7.39. The van der Waals surface area contributed by atoms with Crippen LogP contribution in [0.3, 0.4) is 0 Å². The number of nitrogens with one attached hydrogen (secondary N) is 1. The normalized spacial score (nSPS) is 26.7. The minimum absolute atomic E-state index is 0.721. The predicted molar refractivity (Wildman–Crippen MR) is 91.7 cm³/mol. The molecule has 0 bridgehead atoms. The third-order valence-electron chi connectivity index (χ3n) is 4.63. The van der Waals surface area contributed by atoms with E-state index in [0.717, 1.165) is 43.5 Å². The number of nitrogens with zero attached hydrogens (tertiary/aromatic N) is 1. The fourth-order valence-corrected chi connectivity index (χ4v) is 3.62. The van der Waals surface area contributed by atoms with Crippen LogP contribution in [0.5, 0.6) is 0 Å². The molecule has 1 rings (SSSR count). The molecule has 1 N–H and O–H groups in total. The van der Waals surface area contributed by atoms with Gasteiger partial charge in [-0.3, -0.25) is 0 Å². The molecule has 3 nitrogen and oxygen atoms in total. The number of ether oxygens (including phenoxy) is 1. The molecule has 0 radical (unpaired) electrons. The van der Waals surface area contributed by atoms with Gasteiger partial charge in [-0.05, 0) is 50.0 Å². The Bertz CT molecular complexity index is 256. The van der Waals surface area contributed by atoms with Gasteiger partial charge in [0.15, 0.2) is 0 Å². The van der Waals surface area contributed by atoms with Crippen LogP contribution < -0.4 is 5.32 Å². The number of hydrogen-bond acceptors (Lipinski definition) is 3. The standard InChI is InChI=1S/C18H38N2O/c1-6-9-19-18-8-7-16(4)12-17(18)14-20(10-11-21-5)13-15(2)3/h15-19H,6-14H2,1-5H3. The van der Waals surface area contributed by atoms with Crippen LogP contribution in [0.2, 0.25) is 0 Å². The SMILES string of the molecule is CCCNC1CCC(C)CC1CN(CCOC)CC(C)C. The van der Waals surface area contributed by atoms with Gasteiger partial charge in [0.05, 0.1) is 6.61 Å². The average molecular weight is 299 g/mol. The molecule has 0 aromatic heterocycles. The first-order valence-electron chi connectivity index (χ1n) is 9.01. The molecule has 3 unspecified atom stereocenters. The summed E-state index contributed by atoms with van der Waals surface area (Å²) >= 11 is 0. The van der Waals surface area contributed by atoms with E-state index in [9.17, 15) is 0 Å². The van der Waals surface area contributed by atoms with Crippen LogP contribution in [-0.2, 0) is 4.74 Å². The molecule has 3 atom stereocenters. The van der Waals surface area contributed by atoms with Crippen LogP contribution in [0.1, 0.15) is 53.4 Å². The molecule has 21 heavy (non-hydrogen) atoms. The van der Waals surface area contributed by atoms with Gasteiger partial charge in [0.1, 0.15) is 0 Å². The first-order valence-corrected chi connectivity index (χ1v) is 9.01. The van der Waals surface area contributed by atoms with Gasteiger partial charge < -0.3 is 15.0 Å². The van der Waals surface area contributed by atoms with Crippen LogP contribution in [0.15, 0.2) is 0 Å². The molecule has 1 saturated carbocycles. The van der Waals surface area contributed by atoms with Gasteiger partial charge in [0, 0.05) is 32.8 Å². The lowest BCUT2D eigenvalue weighted by Gasteiger charge is -2.39. The summed E-state index contributed by atoms with van der Waals surface area (Å²) in [6, 6.07) is 0.721. The molecule has 1 aliphatic carbocycles. The summed E-state index contributed by atoms with van der Waals surface area (Å²) in [7, 11) is 1.81. The maximum absolute atomic E-state index is 5.30. The lowest BCUT2D eigenvalue weighted by Crippen LogP contribution is -2.47. The smallest absolute Gasteiger partial charge is 0.0589 e. The first kappa shape index (κ1) is 18.9. The molecule has 0 saturated heterocycles. The summed E-state index contributed by atoms with van der Waals surface area (Å²) < 4.78 is 5.30. The summed E-state index contributed by atoms with van der Waals surface area (Å²) in [6.07, 6.45) is 5.35. The van der Waals surface area contributed by atoms with E-state index in [1.54, 1.807) is 0 Å². The molecule has 1 aliphatic rings. The van der Waals surface area contributed by atoms with Gasteiger partial charge in [0.2, 0.25) is 0 Å². The van der Waals surface area contributed by atoms with Crippen molar-refractivity contribution in [2.75, 3.05) is 39.9 Å². The van der Waals surface area contributed by atoms with Gasteiger partial charge in [-0.15, -0.1) is 0 Å². The minimum Gasteiger partial charge on any atom is -0.383 e. The van der Waals surface area contributed by atoms with Crippen LogP contribution in [0, 0.1) is 17.8 Å². The molecule has 126 valence electrons. The summed E-state index contributed by atoms with van der Waals surface area (Å²) in [5.74, 6) is 2.42. The van der Waals surface area contributed by atoms with Gasteiger partial charge in [-0.25, -0.2) is 0 Å². The molecular formula is C18H38N2O. The molecule has 0 aromatic rings. The lowest BCUT2D eigenvalue weighted by atomic mass is 9.78. The molecule has 0 heterocycles. The van der Waals surface area contributed by atoms with Crippen molar-refractivity contribution in [3.8, 4) is 0 Å². The third kappa shape index (κ3) is 7.62. The first-order chi connectivity index (χ1) is 10.1. The van der Waals surface area contributed by atoms with Crippen molar-refractivity contribution >= 4 is 0 Å². The fraction of sp³-hybridized carbons (Fsp3) is 1.00. The highest BCUT2D eigenvalue weighted by Crippen LogP contribution is 2.30. The zero-order chi connectivity index (χ0) is 15.7. The Kier molecular flexibility index (Phi) is 9.54. The van der Waals surface area contributed by atoms with Crippen molar-refractivity contribution in [3.05, 3.63) is 0 Å². The van der Waals surface area contributed by atoms with Crippen LogP contribution >= 0.6 is 0 Å². The van der Waals surface area contributed by atoms with E-state index in [-0.39, 0.29) is 0 Å². The third-order valence-corrected chi connectivity index (χ3v) is 4.63. The minimum atomic E-state index is 0.721. The quantitative estimate of drug-likeness (QED) is 0.669. The van der Waals surface area contributed by atoms with Crippen molar-refractivity contribution in [3.63, 3.8) is 0 Å². The largest absolute Gasteiger partial charge is 0.383 e. The van der Waals surface area contributed by atoms with Gasteiger partial charge in [0.25, 0.3) is 0 Å². The Balaban J connectivity index is 2.56. The van der Waals surface area contributed by atoms with E-state index >= 15 is 0 Å². The summed E-state index contributed by atoms with van der Waals surface area (Å²) in [6.45, 7) is 14.8. The van der Waals surface area contributed by atoms with Crippen molar-refractivity contribution in [1.82, 2.24) is 10.2 Å². The highest BCUT2D eigenvalue weighted by molar-refractivity contribution is 4.85. The van der Waals surface area contributed by atoms with Crippen molar-refractivity contribution in [2.45, 2.75) is 59.4 Å². The highest BCUT2D eigenvalue weighted by atomic mass is 16.5. The number of methoxy groups -OCH3 is 1. The van der Waals surface area contributed by atoms with E-state index in [4.69, 9.17) is 4.74 Å². The van der Waals surface area contributed by atoms with Crippen LogP contribution in [-0.4, -0.2) is 50.8 Å². The Morgan fingerprint density at radius 2 is 2.05 bits per heavy atom. The van der Waals surface area contributed by atoms with Gasteiger partial charge in [-0.1, -0.05) is 27.7 Å². The molecule has 3 heteroatoms. The lowest BCUT2D eigenvalue weighted by molar-refractivity contribution is 0.101. The second kappa shape index (κ2) is 10.6. The van der Waals surface area contributed by atoms with Gasteiger partial charge in [-0.2, -0.15) is 0 Å². The molecule has 0 aromatic carbocycles. The van der Waals surface area contributed by atoms with Crippen molar-refractivity contribution in [1.29, 1.82) is 0 Å². The summed E-state index contributed by atoms with van der Waals surface area (Å²) in [4.78, 5) is 2.62. The number of hydrogen-bond donors (Lipinski definition) is 1. The zero-order valence-electron chi connectivity index (χ0n) is 15.0. The average Bonchev–Trinajstić information content (AvgIpc) is 2.43. The van der Waals surface area contributed by atoms with Crippen molar-refractivity contribution < 1.29 is 4.74 Å². The Morgan fingerprint density at radius 1 is 1.29 bits per heavy atom. The number of rotatable bonds is 10. The van der Waals surface area contributed by atoms with E-state index in [1.165, 1.54) is 38.8 Å². The Hall–Kier alpha value is -0.120. The van der Waals surface area contributed by atoms with E-state index in [1.807, 2.05) is 7.11 Å². The second-order valence-corrected chi connectivity index (χ2v) is 7.39. The molecule has 0 amide bonds.